The first-order chi connectivity index (χ1) is 11.2. The Balaban J connectivity index is 0.00000123. The van der Waals surface area contributed by atoms with E-state index in [1.54, 1.807) is 6.07 Å². The molecule has 134 valence electrons. The zero-order chi connectivity index (χ0) is 19.1. The number of hydrogen-bond acceptors (Lipinski definition) is 3. The van der Waals surface area contributed by atoms with Crippen LogP contribution >= 0.6 is 0 Å². The fourth-order valence-electron chi connectivity index (χ4n) is 2.27. The van der Waals surface area contributed by atoms with Crippen LogP contribution in [0.2, 0.25) is 0 Å². The highest BCUT2D eigenvalue weighted by atomic mass is 16.5. The maximum absolute atomic E-state index is 12.0. The second-order valence-corrected chi connectivity index (χ2v) is 5.97. The predicted molar refractivity (Wildman–Crippen MR) is 101 cm³/mol. The average molecular weight is 333 g/mol. The quantitative estimate of drug-likeness (QED) is 0.582. The number of aromatic nitrogens is 1. The van der Waals surface area contributed by atoms with Gasteiger partial charge in [-0.25, -0.2) is 4.79 Å². The summed E-state index contributed by atoms with van der Waals surface area (Å²) in [6.07, 6.45) is 0. The third kappa shape index (κ3) is 4.95. The van der Waals surface area contributed by atoms with Gasteiger partial charge in [-0.1, -0.05) is 48.5 Å². The molecule has 1 aromatic heterocycles. The summed E-state index contributed by atoms with van der Waals surface area (Å²) in [6, 6.07) is 5.52. The summed E-state index contributed by atoms with van der Waals surface area (Å²) >= 11 is 0. The van der Waals surface area contributed by atoms with E-state index in [0.29, 0.717) is 11.3 Å². The fraction of sp³-hybridized carbons (Fsp3) is 0.500. The molecule has 0 saturated carbocycles. The van der Waals surface area contributed by atoms with Gasteiger partial charge in [0.25, 0.3) is 0 Å². The summed E-state index contributed by atoms with van der Waals surface area (Å²) in [4.78, 5) is 26.4. The van der Waals surface area contributed by atoms with Gasteiger partial charge in [-0.15, -0.1) is 0 Å². The van der Waals surface area contributed by atoms with Crippen LogP contribution in [0.5, 0.6) is 0 Å². The fourth-order valence-corrected chi connectivity index (χ4v) is 2.27. The number of carbonyl (C=O) groups is 2. The molecule has 0 amide bonds. The Morgan fingerprint density at radius 3 is 1.96 bits per heavy atom. The van der Waals surface area contributed by atoms with E-state index in [2.05, 4.69) is 4.98 Å². The SMILES string of the molecule is CC.CC.COC(=O)c1cc2[nH]c(C(C)=O)cc2cc1C(C)(C)C. The number of nitrogens with one attached hydrogen (secondary N) is 1. The lowest BCUT2D eigenvalue weighted by Crippen LogP contribution is -2.17. The molecule has 4 heteroatoms. The molecule has 0 spiro atoms. The van der Waals surface area contributed by atoms with E-state index >= 15 is 0 Å². The van der Waals surface area contributed by atoms with Crippen molar-refractivity contribution < 1.29 is 14.3 Å². The number of ether oxygens (including phenoxy) is 1. The third-order valence-electron chi connectivity index (χ3n) is 3.35. The van der Waals surface area contributed by atoms with E-state index in [1.807, 2.05) is 60.6 Å². The Hall–Kier alpha value is -2.10. The number of H-pyrrole nitrogens is 1. The van der Waals surface area contributed by atoms with Crippen molar-refractivity contribution in [3.8, 4) is 0 Å². The molecule has 0 atom stereocenters. The van der Waals surface area contributed by atoms with Crippen molar-refractivity contribution >= 4 is 22.7 Å². The molecular formula is C20H31NO3. The molecule has 0 aliphatic heterocycles. The maximum Gasteiger partial charge on any atom is 0.338 e. The first-order valence-corrected chi connectivity index (χ1v) is 8.50. The molecule has 24 heavy (non-hydrogen) atoms. The highest BCUT2D eigenvalue weighted by Gasteiger charge is 2.23. The smallest absolute Gasteiger partial charge is 0.338 e. The monoisotopic (exact) mass is 333 g/mol. The number of Topliss-reactive ketones (excluding diaryl/α,β-unsaturated/α-hetero) is 1. The number of methoxy groups -OCH3 is 1. The summed E-state index contributed by atoms with van der Waals surface area (Å²) in [7, 11) is 1.37. The summed E-state index contributed by atoms with van der Waals surface area (Å²) in [5, 5.41) is 0.924. The van der Waals surface area contributed by atoms with Crippen LogP contribution in [-0.4, -0.2) is 23.8 Å². The van der Waals surface area contributed by atoms with E-state index in [4.69, 9.17) is 4.74 Å². The van der Waals surface area contributed by atoms with Gasteiger partial charge in [0.05, 0.1) is 18.4 Å². The van der Waals surface area contributed by atoms with Crippen LogP contribution in [0.4, 0.5) is 0 Å². The van der Waals surface area contributed by atoms with E-state index < -0.39 is 0 Å². The molecule has 0 saturated heterocycles. The standard InChI is InChI=1S/C16H19NO3.2C2H6/c1-9(18)13-7-10-6-12(16(2,3)4)11(15(19)20-5)8-14(10)17-13;2*1-2/h6-8,17H,1-5H3;2*1-2H3. The van der Waals surface area contributed by atoms with E-state index in [0.717, 1.165) is 16.5 Å². The molecule has 0 unspecified atom stereocenters. The molecule has 0 aliphatic rings. The number of rotatable bonds is 2. The Bertz CT molecular complexity index is 691. The van der Waals surface area contributed by atoms with E-state index in [1.165, 1.54) is 14.0 Å². The normalized spacial score (nSPS) is 10.2. The van der Waals surface area contributed by atoms with Crippen molar-refractivity contribution in [1.29, 1.82) is 0 Å². The summed E-state index contributed by atoms with van der Waals surface area (Å²) in [5.41, 5.74) is 2.56. The van der Waals surface area contributed by atoms with Crippen molar-refractivity contribution in [3.05, 3.63) is 35.0 Å². The average Bonchev–Trinajstić information content (AvgIpc) is 2.99. The lowest BCUT2D eigenvalue weighted by Gasteiger charge is -2.22. The van der Waals surface area contributed by atoms with Crippen LogP contribution < -0.4 is 0 Å². The van der Waals surface area contributed by atoms with Gasteiger partial charge in [0, 0.05) is 17.8 Å². The summed E-state index contributed by atoms with van der Waals surface area (Å²) < 4.78 is 4.86. The van der Waals surface area contributed by atoms with Crippen molar-refractivity contribution in [2.75, 3.05) is 7.11 Å². The van der Waals surface area contributed by atoms with Gasteiger partial charge in [-0.3, -0.25) is 4.79 Å². The Kier molecular flexibility index (Phi) is 8.45. The van der Waals surface area contributed by atoms with Gasteiger partial charge in [-0.05, 0) is 29.2 Å². The molecule has 1 aromatic carbocycles. The molecule has 2 aromatic rings. The van der Waals surface area contributed by atoms with E-state index in [9.17, 15) is 9.59 Å². The van der Waals surface area contributed by atoms with Crippen molar-refractivity contribution in [2.45, 2.75) is 60.8 Å². The van der Waals surface area contributed by atoms with Crippen LogP contribution in [0.25, 0.3) is 10.9 Å². The number of hydrogen-bond donors (Lipinski definition) is 1. The number of fused-ring (bicyclic) bond motifs is 1. The lowest BCUT2D eigenvalue weighted by atomic mass is 9.83. The molecule has 2 rings (SSSR count). The second-order valence-electron chi connectivity index (χ2n) is 5.97. The first-order valence-electron chi connectivity index (χ1n) is 8.50. The molecule has 4 nitrogen and oxygen atoms in total. The number of esters is 1. The predicted octanol–water partition coefficient (Wildman–Crippen LogP) is 5.51. The Labute approximate surface area is 145 Å². The van der Waals surface area contributed by atoms with Crippen molar-refractivity contribution in [3.63, 3.8) is 0 Å². The number of benzene rings is 1. The summed E-state index contributed by atoms with van der Waals surface area (Å²) in [6.45, 7) is 15.6. The zero-order valence-electron chi connectivity index (χ0n) is 16.5. The minimum Gasteiger partial charge on any atom is -0.465 e. The van der Waals surface area contributed by atoms with Gasteiger partial charge in [0.2, 0.25) is 0 Å². The third-order valence-corrected chi connectivity index (χ3v) is 3.35. The van der Waals surface area contributed by atoms with Gasteiger partial charge in [0.1, 0.15) is 0 Å². The van der Waals surface area contributed by atoms with Gasteiger partial charge in [0.15, 0.2) is 5.78 Å². The molecule has 0 aliphatic carbocycles. The lowest BCUT2D eigenvalue weighted by molar-refractivity contribution is 0.0598. The Morgan fingerprint density at radius 2 is 1.54 bits per heavy atom. The minimum absolute atomic E-state index is 0.0295. The minimum atomic E-state index is -0.365. The van der Waals surface area contributed by atoms with E-state index in [-0.39, 0.29) is 17.2 Å². The largest absolute Gasteiger partial charge is 0.465 e. The van der Waals surface area contributed by atoms with Crippen LogP contribution in [0.3, 0.4) is 0 Å². The number of carbonyl (C=O) groups excluding carboxylic acids is 2. The van der Waals surface area contributed by atoms with Crippen LogP contribution in [0.15, 0.2) is 18.2 Å². The zero-order valence-corrected chi connectivity index (χ0v) is 16.5. The molecule has 0 bridgehead atoms. The summed E-state index contributed by atoms with van der Waals surface area (Å²) in [5.74, 6) is -0.395. The first kappa shape index (κ1) is 21.9. The van der Waals surface area contributed by atoms with Gasteiger partial charge in [-0.2, -0.15) is 0 Å². The van der Waals surface area contributed by atoms with Crippen LogP contribution in [-0.2, 0) is 10.2 Å². The molecule has 1 heterocycles. The highest BCUT2D eigenvalue weighted by Crippen LogP contribution is 2.31. The molecule has 0 radical (unpaired) electrons. The van der Waals surface area contributed by atoms with Crippen molar-refractivity contribution in [1.82, 2.24) is 4.98 Å². The maximum atomic E-state index is 12.0. The van der Waals surface area contributed by atoms with Crippen molar-refractivity contribution in [2.24, 2.45) is 0 Å². The van der Waals surface area contributed by atoms with Crippen LogP contribution in [0.1, 0.15) is 81.8 Å². The van der Waals surface area contributed by atoms with Crippen LogP contribution in [0, 0.1) is 0 Å². The molecule has 0 fully saturated rings. The molecule has 1 N–H and O–H groups in total. The Morgan fingerprint density at radius 1 is 1.00 bits per heavy atom. The van der Waals surface area contributed by atoms with Gasteiger partial charge < -0.3 is 9.72 Å². The second kappa shape index (κ2) is 9.26. The topological polar surface area (TPSA) is 59.2 Å². The molecular weight excluding hydrogens is 302 g/mol. The highest BCUT2D eigenvalue weighted by molar-refractivity contribution is 6.01. The number of ketones is 1. The number of aromatic amines is 1. The van der Waals surface area contributed by atoms with Gasteiger partial charge >= 0.3 is 5.97 Å².